The molecular weight excluding hydrogens is 138 g/mol. The molecule has 1 aromatic heterocycles. The largest absolute Gasteiger partial charge is 0.372 e. The smallest absolute Gasteiger partial charge is 0.147 e. The number of hydrogen-bond donors (Lipinski definition) is 1. The summed E-state index contributed by atoms with van der Waals surface area (Å²) in [6, 6.07) is 2.00. The van der Waals surface area contributed by atoms with Crippen molar-refractivity contribution in [3.05, 3.63) is 12.3 Å². The highest BCUT2D eigenvalue weighted by atomic mass is 15.3. The van der Waals surface area contributed by atoms with Crippen molar-refractivity contribution in [1.82, 2.24) is 9.78 Å². The molecule has 1 aliphatic rings. The Morgan fingerprint density at radius 3 is 3.09 bits per heavy atom. The van der Waals surface area contributed by atoms with Crippen LogP contribution in [0.2, 0.25) is 0 Å². The normalized spacial score (nSPS) is 16.8. The molecule has 60 valence electrons. The summed E-state index contributed by atoms with van der Waals surface area (Å²) in [4.78, 5) is 0. The molecule has 1 aromatic rings. The van der Waals surface area contributed by atoms with Gasteiger partial charge in [-0.3, -0.25) is 4.68 Å². The molecule has 0 unspecified atom stereocenters. The highest BCUT2D eigenvalue weighted by Crippen LogP contribution is 2.30. The van der Waals surface area contributed by atoms with E-state index in [1.165, 1.54) is 12.8 Å². The van der Waals surface area contributed by atoms with Crippen LogP contribution in [0, 0.1) is 5.92 Å². The average Bonchev–Trinajstić information content (AvgIpc) is 2.68. The predicted molar refractivity (Wildman–Crippen MR) is 44.5 cm³/mol. The second-order valence-electron chi connectivity index (χ2n) is 3.12. The minimum atomic E-state index is 0.902. The number of rotatable bonds is 3. The Bertz CT molecular complexity index is 237. The van der Waals surface area contributed by atoms with Crippen LogP contribution < -0.4 is 5.32 Å². The Kier molecular flexibility index (Phi) is 1.56. The zero-order chi connectivity index (χ0) is 7.68. The van der Waals surface area contributed by atoms with E-state index in [2.05, 4.69) is 10.4 Å². The van der Waals surface area contributed by atoms with Gasteiger partial charge in [-0.2, -0.15) is 5.10 Å². The standard InChI is InChI=1S/C8H13N3/c1-9-8-4-5-11(10-8)6-7-2-3-7/h4-5,7H,2-3,6H2,1H3,(H,9,10). The molecule has 1 N–H and O–H groups in total. The van der Waals surface area contributed by atoms with Gasteiger partial charge in [-0.25, -0.2) is 0 Å². The van der Waals surface area contributed by atoms with Crippen molar-refractivity contribution in [3.63, 3.8) is 0 Å². The lowest BCUT2D eigenvalue weighted by molar-refractivity contribution is 0.565. The number of nitrogens with one attached hydrogen (secondary N) is 1. The number of hydrogen-bond acceptors (Lipinski definition) is 2. The summed E-state index contributed by atoms with van der Waals surface area (Å²) in [5.74, 6) is 1.87. The Morgan fingerprint density at radius 1 is 1.73 bits per heavy atom. The molecule has 1 fully saturated rings. The summed E-state index contributed by atoms with van der Waals surface area (Å²) in [7, 11) is 1.89. The molecule has 0 aromatic carbocycles. The van der Waals surface area contributed by atoms with Crippen molar-refractivity contribution in [3.8, 4) is 0 Å². The minimum absolute atomic E-state index is 0.902. The van der Waals surface area contributed by atoms with Crippen LogP contribution in [0.3, 0.4) is 0 Å². The van der Waals surface area contributed by atoms with Gasteiger partial charge in [0.1, 0.15) is 5.82 Å². The van der Waals surface area contributed by atoms with E-state index >= 15 is 0 Å². The Labute approximate surface area is 66.4 Å². The van der Waals surface area contributed by atoms with Gasteiger partial charge in [0.25, 0.3) is 0 Å². The van der Waals surface area contributed by atoms with Crippen molar-refractivity contribution < 1.29 is 0 Å². The molecule has 0 amide bonds. The van der Waals surface area contributed by atoms with Gasteiger partial charge < -0.3 is 5.32 Å². The molecule has 0 radical (unpaired) electrons. The van der Waals surface area contributed by atoms with Gasteiger partial charge in [-0.15, -0.1) is 0 Å². The number of aromatic nitrogens is 2. The van der Waals surface area contributed by atoms with E-state index in [0.717, 1.165) is 18.3 Å². The maximum atomic E-state index is 4.31. The molecule has 0 spiro atoms. The van der Waals surface area contributed by atoms with E-state index < -0.39 is 0 Å². The Hall–Kier alpha value is -0.990. The SMILES string of the molecule is CNc1ccn(CC2CC2)n1. The van der Waals surface area contributed by atoms with Gasteiger partial charge in [0.15, 0.2) is 0 Å². The fourth-order valence-electron chi connectivity index (χ4n) is 1.16. The molecular formula is C8H13N3. The first-order valence-corrected chi connectivity index (χ1v) is 4.09. The topological polar surface area (TPSA) is 29.9 Å². The molecule has 0 atom stereocenters. The van der Waals surface area contributed by atoms with Crippen molar-refractivity contribution in [2.75, 3.05) is 12.4 Å². The van der Waals surface area contributed by atoms with Gasteiger partial charge in [0, 0.05) is 25.9 Å². The summed E-state index contributed by atoms with van der Waals surface area (Å²) >= 11 is 0. The first-order chi connectivity index (χ1) is 5.38. The quantitative estimate of drug-likeness (QED) is 0.706. The van der Waals surface area contributed by atoms with Crippen molar-refractivity contribution in [1.29, 1.82) is 0 Å². The van der Waals surface area contributed by atoms with E-state index in [-0.39, 0.29) is 0 Å². The Morgan fingerprint density at radius 2 is 2.55 bits per heavy atom. The monoisotopic (exact) mass is 151 g/mol. The summed E-state index contributed by atoms with van der Waals surface area (Å²) in [5, 5.41) is 7.32. The molecule has 1 saturated carbocycles. The first kappa shape index (κ1) is 6.70. The molecule has 1 aliphatic carbocycles. The summed E-state index contributed by atoms with van der Waals surface area (Å²) < 4.78 is 2.02. The van der Waals surface area contributed by atoms with Gasteiger partial charge >= 0.3 is 0 Å². The van der Waals surface area contributed by atoms with Crippen LogP contribution in [-0.2, 0) is 6.54 Å². The minimum Gasteiger partial charge on any atom is -0.372 e. The van der Waals surface area contributed by atoms with Crippen LogP contribution in [0.5, 0.6) is 0 Å². The highest BCUT2D eigenvalue weighted by Gasteiger charge is 2.21. The van der Waals surface area contributed by atoms with Crippen LogP contribution in [-0.4, -0.2) is 16.8 Å². The van der Waals surface area contributed by atoms with Gasteiger partial charge in [-0.05, 0) is 18.8 Å². The maximum absolute atomic E-state index is 4.31. The van der Waals surface area contributed by atoms with Crippen molar-refractivity contribution in [2.24, 2.45) is 5.92 Å². The third-order valence-corrected chi connectivity index (χ3v) is 2.04. The van der Waals surface area contributed by atoms with E-state index in [1.807, 2.05) is 24.0 Å². The second kappa shape index (κ2) is 2.57. The summed E-state index contributed by atoms with van der Waals surface area (Å²) in [6.07, 6.45) is 4.80. The fraction of sp³-hybridized carbons (Fsp3) is 0.625. The van der Waals surface area contributed by atoms with Crippen LogP contribution in [0.15, 0.2) is 12.3 Å². The van der Waals surface area contributed by atoms with Crippen molar-refractivity contribution in [2.45, 2.75) is 19.4 Å². The zero-order valence-electron chi connectivity index (χ0n) is 6.75. The molecule has 0 aliphatic heterocycles. The third-order valence-electron chi connectivity index (χ3n) is 2.04. The maximum Gasteiger partial charge on any atom is 0.147 e. The van der Waals surface area contributed by atoms with Crippen LogP contribution >= 0.6 is 0 Å². The van der Waals surface area contributed by atoms with E-state index in [9.17, 15) is 0 Å². The second-order valence-corrected chi connectivity index (χ2v) is 3.12. The summed E-state index contributed by atoms with van der Waals surface area (Å²) in [6.45, 7) is 1.10. The van der Waals surface area contributed by atoms with Gasteiger partial charge in [0.2, 0.25) is 0 Å². The molecule has 2 rings (SSSR count). The highest BCUT2D eigenvalue weighted by molar-refractivity contribution is 5.30. The molecule has 0 saturated heterocycles. The van der Waals surface area contributed by atoms with E-state index in [1.54, 1.807) is 0 Å². The fourth-order valence-corrected chi connectivity index (χ4v) is 1.16. The lowest BCUT2D eigenvalue weighted by Gasteiger charge is -1.96. The molecule has 0 bridgehead atoms. The van der Waals surface area contributed by atoms with E-state index in [4.69, 9.17) is 0 Å². The predicted octanol–water partition coefficient (Wildman–Crippen LogP) is 1.33. The van der Waals surface area contributed by atoms with Gasteiger partial charge in [0.05, 0.1) is 0 Å². The van der Waals surface area contributed by atoms with E-state index in [0.29, 0.717) is 0 Å². The van der Waals surface area contributed by atoms with Gasteiger partial charge in [-0.1, -0.05) is 0 Å². The number of anilines is 1. The van der Waals surface area contributed by atoms with Crippen LogP contribution in [0.4, 0.5) is 5.82 Å². The first-order valence-electron chi connectivity index (χ1n) is 4.09. The lowest BCUT2D eigenvalue weighted by atomic mass is 10.4. The van der Waals surface area contributed by atoms with Crippen molar-refractivity contribution >= 4 is 5.82 Å². The summed E-state index contributed by atoms with van der Waals surface area (Å²) in [5.41, 5.74) is 0. The zero-order valence-corrected chi connectivity index (χ0v) is 6.75. The molecule has 11 heavy (non-hydrogen) atoms. The van der Waals surface area contributed by atoms with Crippen LogP contribution in [0.1, 0.15) is 12.8 Å². The average molecular weight is 151 g/mol. The molecule has 1 heterocycles. The van der Waals surface area contributed by atoms with Crippen LogP contribution in [0.25, 0.3) is 0 Å². The number of nitrogens with zero attached hydrogens (tertiary/aromatic N) is 2. The third kappa shape index (κ3) is 1.53. The molecule has 3 nitrogen and oxygen atoms in total. The molecule has 3 heteroatoms. The Balaban J connectivity index is 1.99. The lowest BCUT2D eigenvalue weighted by Crippen LogP contribution is -2.00.